The maximum atomic E-state index is 5.52. The van der Waals surface area contributed by atoms with Crippen LogP contribution in [0.2, 0.25) is 0 Å². The minimum absolute atomic E-state index is 0.240. The van der Waals surface area contributed by atoms with E-state index in [4.69, 9.17) is 9.52 Å². The molecule has 7 nitrogen and oxygen atoms in total. The molecule has 1 aromatic heterocycles. The van der Waals surface area contributed by atoms with Crippen LogP contribution < -0.4 is 10.6 Å². The summed E-state index contributed by atoms with van der Waals surface area (Å²) < 4.78 is 5.52. The lowest BCUT2D eigenvalue weighted by molar-refractivity contribution is 0.0173. The standard InChI is InChI=1S/C23H42N6O/c1-5-20-19(21(6-2)30-27-20)17-25-22(24-7-3)26-18-23(11-15-28(4)16-12-23)29-13-9-8-10-14-29/h5-18H2,1-4H3,(H2,24,25,26). The molecule has 1 aromatic rings. The molecule has 0 unspecified atom stereocenters. The van der Waals surface area contributed by atoms with Crippen molar-refractivity contribution < 1.29 is 4.52 Å². The van der Waals surface area contributed by atoms with Crippen LogP contribution in [0, 0.1) is 0 Å². The summed E-state index contributed by atoms with van der Waals surface area (Å²) in [6.07, 6.45) is 8.22. The van der Waals surface area contributed by atoms with Crippen LogP contribution in [0.15, 0.2) is 9.52 Å². The number of aliphatic imine (C=N–C) groups is 1. The highest BCUT2D eigenvalue weighted by atomic mass is 16.5. The second-order valence-corrected chi connectivity index (χ2v) is 8.86. The van der Waals surface area contributed by atoms with Gasteiger partial charge in [-0.05, 0) is 72.3 Å². The molecule has 2 aliphatic heterocycles. The monoisotopic (exact) mass is 418 g/mol. The molecule has 0 spiro atoms. The average molecular weight is 419 g/mol. The number of piperidine rings is 2. The van der Waals surface area contributed by atoms with Crippen molar-refractivity contribution in [3.63, 3.8) is 0 Å². The van der Waals surface area contributed by atoms with Crippen molar-refractivity contribution in [3.05, 3.63) is 17.0 Å². The number of guanidine groups is 1. The number of likely N-dealkylation sites (tertiary alicyclic amines) is 2. The highest BCUT2D eigenvalue weighted by Crippen LogP contribution is 2.30. The van der Waals surface area contributed by atoms with E-state index in [2.05, 4.69) is 53.4 Å². The zero-order valence-corrected chi connectivity index (χ0v) is 19.6. The summed E-state index contributed by atoms with van der Waals surface area (Å²) in [5.74, 6) is 1.87. The predicted octanol–water partition coefficient (Wildman–Crippen LogP) is 2.80. The van der Waals surface area contributed by atoms with Gasteiger partial charge in [-0.2, -0.15) is 0 Å². The summed E-state index contributed by atoms with van der Waals surface area (Å²) in [5.41, 5.74) is 2.43. The Labute approximate surface area is 182 Å². The third kappa shape index (κ3) is 5.55. The fourth-order valence-corrected chi connectivity index (χ4v) is 4.87. The molecule has 0 bridgehead atoms. The quantitative estimate of drug-likeness (QED) is 0.500. The molecule has 30 heavy (non-hydrogen) atoms. The molecule has 2 N–H and O–H groups in total. The fraction of sp³-hybridized carbons (Fsp3) is 0.826. The number of hydrogen-bond acceptors (Lipinski definition) is 5. The van der Waals surface area contributed by atoms with Gasteiger partial charge in [0, 0.05) is 30.6 Å². The van der Waals surface area contributed by atoms with E-state index in [1.54, 1.807) is 0 Å². The van der Waals surface area contributed by atoms with Crippen molar-refractivity contribution >= 4 is 5.96 Å². The molecule has 3 heterocycles. The molecule has 0 saturated carbocycles. The van der Waals surface area contributed by atoms with Crippen molar-refractivity contribution in [2.45, 2.75) is 77.8 Å². The van der Waals surface area contributed by atoms with Crippen LogP contribution in [0.1, 0.15) is 69.9 Å². The Kier molecular flexibility index (Phi) is 8.57. The van der Waals surface area contributed by atoms with Gasteiger partial charge in [0.1, 0.15) is 5.76 Å². The smallest absolute Gasteiger partial charge is 0.191 e. The first kappa shape index (κ1) is 23.1. The summed E-state index contributed by atoms with van der Waals surface area (Å²) in [7, 11) is 2.24. The molecule has 2 fully saturated rings. The third-order valence-corrected chi connectivity index (χ3v) is 6.88. The van der Waals surface area contributed by atoms with Crippen LogP contribution in [0.3, 0.4) is 0 Å². The molecule has 2 aliphatic rings. The lowest BCUT2D eigenvalue weighted by Gasteiger charge is -2.50. The number of nitrogens with zero attached hydrogens (tertiary/aromatic N) is 4. The second-order valence-electron chi connectivity index (χ2n) is 8.86. The first-order chi connectivity index (χ1) is 14.6. The van der Waals surface area contributed by atoms with E-state index in [0.717, 1.165) is 48.9 Å². The topological polar surface area (TPSA) is 68.9 Å². The first-order valence-corrected chi connectivity index (χ1v) is 12.0. The van der Waals surface area contributed by atoms with Crippen LogP contribution in [0.4, 0.5) is 0 Å². The van der Waals surface area contributed by atoms with E-state index in [9.17, 15) is 0 Å². The van der Waals surface area contributed by atoms with E-state index in [-0.39, 0.29) is 5.54 Å². The molecule has 0 aliphatic carbocycles. The fourth-order valence-electron chi connectivity index (χ4n) is 4.87. The van der Waals surface area contributed by atoms with Crippen molar-refractivity contribution in [3.8, 4) is 0 Å². The van der Waals surface area contributed by atoms with Gasteiger partial charge in [0.15, 0.2) is 5.96 Å². The number of nitrogens with one attached hydrogen (secondary N) is 2. The molecule has 0 atom stereocenters. The van der Waals surface area contributed by atoms with Gasteiger partial charge in [-0.25, -0.2) is 4.99 Å². The summed E-state index contributed by atoms with van der Waals surface area (Å²) in [6, 6.07) is 0. The minimum Gasteiger partial charge on any atom is -0.361 e. The van der Waals surface area contributed by atoms with Crippen LogP contribution in [0.5, 0.6) is 0 Å². The largest absolute Gasteiger partial charge is 0.361 e. The van der Waals surface area contributed by atoms with Gasteiger partial charge in [0.05, 0.1) is 12.2 Å². The van der Waals surface area contributed by atoms with E-state index >= 15 is 0 Å². The van der Waals surface area contributed by atoms with E-state index in [0.29, 0.717) is 6.54 Å². The Morgan fingerprint density at radius 2 is 1.77 bits per heavy atom. The van der Waals surface area contributed by atoms with Gasteiger partial charge in [-0.1, -0.05) is 25.4 Å². The summed E-state index contributed by atoms with van der Waals surface area (Å²) in [6.45, 7) is 13.6. The van der Waals surface area contributed by atoms with Crippen LogP contribution in [-0.2, 0) is 19.4 Å². The Morgan fingerprint density at radius 1 is 1.03 bits per heavy atom. The van der Waals surface area contributed by atoms with Gasteiger partial charge in [-0.15, -0.1) is 0 Å². The van der Waals surface area contributed by atoms with Crippen molar-refractivity contribution in [2.75, 3.05) is 46.3 Å². The van der Waals surface area contributed by atoms with Gasteiger partial charge in [0.25, 0.3) is 0 Å². The third-order valence-electron chi connectivity index (χ3n) is 6.88. The van der Waals surface area contributed by atoms with Crippen LogP contribution in [0.25, 0.3) is 0 Å². The summed E-state index contributed by atoms with van der Waals surface area (Å²) in [4.78, 5) is 10.1. The van der Waals surface area contributed by atoms with Crippen molar-refractivity contribution in [2.24, 2.45) is 4.99 Å². The van der Waals surface area contributed by atoms with Crippen molar-refractivity contribution in [1.29, 1.82) is 0 Å². The van der Waals surface area contributed by atoms with Crippen LogP contribution in [-0.4, -0.2) is 72.8 Å². The maximum Gasteiger partial charge on any atom is 0.191 e. The highest BCUT2D eigenvalue weighted by Gasteiger charge is 2.39. The predicted molar refractivity (Wildman–Crippen MR) is 123 cm³/mol. The number of hydrogen-bond donors (Lipinski definition) is 2. The maximum absolute atomic E-state index is 5.52. The molecular formula is C23H42N6O. The Bertz CT molecular complexity index is 650. The van der Waals surface area contributed by atoms with Crippen molar-refractivity contribution in [1.82, 2.24) is 25.6 Å². The number of rotatable bonds is 8. The van der Waals surface area contributed by atoms with Gasteiger partial charge < -0.3 is 20.1 Å². The number of aromatic nitrogens is 1. The second kappa shape index (κ2) is 11.1. The zero-order chi connectivity index (χ0) is 21.4. The molecule has 7 heteroatoms. The van der Waals surface area contributed by atoms with E-state index < -0.39 is 0 Å². The molecule has 170 valence electrons. The molecule has 0 aromatic carbocycles. The Morgan fingerprint density at radius 3 is 2.40 bits per heavy atom. The molecular weight excluding hydrogens is 376 g/mol. The molecule has 0 amide bonds. The lowest BCUT2D eigenvalue weighted by Crippen LogP contribution is -2.62. The Hall–Kier alpha value is -1.60. The molecule has 0 radical (unpaired) electrons. The molecule has 2 saturated heterocycles. The average Bonchev–Trinajstić information content (AvgIpc) is 3.19. The summed E-state index contributed by atoms with van der Waals surface area (Å²) in [5, 5.41) is 11.4. The minimum atomic E-state index is 0.240. The highest BCUT2D eigenvalue weighted by molar-refractivity contribution is 5.79. The number of aryl methyl sites for hydroxylation is 2. The van der Waals surface area contributed by atoms with E-state index in [1.807, 2.05) is 0 Å². The van der Waals surface area contributed by atoms with Gasteiger partial charge >= 0.3 is 0 Å². The normalized spacial score (nSPS) is 21.0. The summed E-state index contributed by atoms with van der Waals surface area (Å²) >= 11 is 0. The zero-order valence-electron chi connectivity index (χ0n) is 19.6. The van der Waals surface area contributed by atoms with Gasteiger partial charge in [0.2, 0.25) is 0 Å². The molecule has 3 rings (SSSR count). The van der Waals surface area contributed by atoms with Crippen LogP contribution >= 0.6 is 0 Å². The Balaban J connectivity index is 1.71. The SMILES string of the molecule is CCNC(=NCc1c(CC)noc1CC)NCC1(N2CCCCC2)CCN(C)CC1. The first-order valence-electron chi connectivity index (χ1n) is 12.0. The lowest BCUT2D eigenvalue weighted by atomic mass is 9.84. The van der Waals surface area contributed by atoms with Gasteiger partial charge in [-0.3, -0.25) is 4.90 Å². The van der Waals surface area contributed by atoms with E-state index in [1.165, 1.54) is 58.3 Å².